The van der Waals surface area contributed by atoms with E-state index in [9.17, 15) is 14.4 Å². The molecule has 1 aliphatic rings. The van der Waals surface area contributed by atoms with Gasteiger partial charge in [0.25, 0.3) is 0 Å². The van der Waals surface area contributed by atoms with Gasteiger partial charge in [-0.2, -0.15) is 0 Å². The summed E-state index contributed by atoms with van der Waals surface area (Å²) in [6.45, 7) is 6.91. The van der Waals surface area contributed by atoms with Crippen LogP contribution < -0.4 is 0 Å². The molecule has 1 aliphatic heterocycles. The van der Waals surface area contributed by atoms with Crippen molar-refractivity contribution in [3.63, 3.8) is 0 Å². The zero-order valence-electron chi connectivity index (χ0n) is 14.5. The van der Waals surface area contributed by atoms with Gasteiger partial charge in [0.1, 0.15) is 17.6 Å². The van der Waals surface area contributed by atoms with Crippen LogP contribution in [0.1, 0.15) is 39.7 Å². The number of carbonyl (C=O) groups is 3. The lowest BCUT2D eigenvalue weighted by atomic mass is 9.89. The van der Waals surface area contributed by atoms with Gasteiger partial charge < -0.3 is 9.47 Å². The van der Waals surface area contributed by atoms with Crippen molar-refractivity contribution in [1.82, 2.24) is 4.90 Å². The Kier molecular flexibility index (Phi) is 4.96. The quantitative estimate of drug-likeness (QED) is 0.628. The number of benzene rings is 1. The number of rotatable bonds is 3. The highest BCUT2D eigenvalue weighted by Crippen LogP contribution is 2.34. The third-order valence-corrected chi connectivity index (χ3v) is 3.83. The lowest BCUT2D eigenvalue weighted by molar-refractivity contribution is -0.161. The minimum Gasteiger partial charge on any atom is -0.460 e. The summed E-state index contributed by atoms with van der Waals surface area (Å²) in [5, 5.41) is 0. The SMILES string of the molecule is CC(C)(C)OC(=O)N1CCC(C)(C(=O)OCc2ccccc2)C1=O. The Hall–Kier alpha value is -2.37. The monoisotopic (exact) mass is 333 g/mol. The number of hydrogen-bond acceptors (Lipinski definition) is 5. The standard InChI is InChI=1S/C18H23NO5/c1-17(2,3)24-16(22)19-11-10-18(4,14(19)20)15(21)23-12-13-8-6-5-7-9-13/h5-9H,10-12H2,1-4H3. The molecule has 1 heterocycles. The molecular formula is C18H23NO5. The molecule has 0 radical (unpaired) electrons. The number of esters is 1. The molecule has 0 saturated carbocycles. The maximum absolute atomic E-state index is 12.5. The number of likely N-dealkylation sites (tertiary alicyclic amines) is 1. The lowest BCUT2D eigenvalue weighted by Crippen LogP contribution is -2.43. The van der Waals surface area contributed by atoms with Gasteiger partial charge >= 0.3 is 12.1 Å². The first-order valence-electron chi connectivity index (χ1n) is 7.89. The van der Waals surface area contributed by atoms with E-state index in [2.05, 4.69) is 0 Å². The summed E-state index contributed by atoms with van der Waals surface area (Å²) in [7, 11) is 0. The number of imide groups is 1. The van der Waals surface area contributed by atoms with E-state index in [1.807, 2.05) is 30.3 Å². The molecule has 1 atom stereocenters. The van der Waals surface area contributed by atoms with Gasteiger partial charge in [-0.3, -0.25) is 9.59 Å². The van der Waals surface area contributed by atoms with Crippen molar-refractivity contribution in [2.24, 2.45) is 5.41 Å². The summed E-state index contributed by atoms with van der Waals surface area (Å²) in [4.78, 5) is 38.0. The highest BCUT2D eigenvalue weighted by Gasteiger charge is 2.52. The summed E-state index contributed by atoms with van der Waals surface area (Å²) in [6, 6.07) is 9.22. The summed E-state index contributed by atoms with van der Waals surface area (Å²) in [6.07, 6.45) is -0.509. The Labute approximate surface area is 141 Å². The summed E-state index contributed by atoms with van der Waals surface area (Å²) in [5.41, 5.74) is -1.22. The Morgan fingerprint density at radius 2 is 1.83 bits per heavy atom. The van der Waals surface area contributed by atoms with E-state index in [1.54, 1.807) is 20.8 Å². The largest absolute Gasteiger partial charge is 0.460 e. The van der Waals surface area contributed by atoms with Crippen molar-refractivity contribution in [3.8, 4) is 0 Å². The highest BCUT2D eigenvalue weighted by atomic mass is 16.6. The van der Waals surface area contributed by atoms with E-state index in [4.69, 9.17) is 9.47 Å². The van der Waals surface area contributed by atoms with Crippen LogP contribution in [0.25, 0.3) is 0 Å². The van der Waals surface area contributed by atoms with E-state index < -0.39 is 29.0 Å². The molecular weight excluding hydrogens is 310 g/mol. The van der Waals surface area contributed by atoms with Crippen LogP contribution in [0, 0.1) is 5.41 Å². The minimum atomic E-state index is -1.36. The molecule has 0 bridgehead atoms. The second-order valence-electron chi connectivity index (χ2n) is 7.08. The topological polar surface area (TPSA) is 72.9 Å². The van der Waals surface area contributed by atoms with Gasteiger partial charge in [-0.15, -0.1) is 0 Å². The average Bonchev–Trinajstić information content (AvgIpc) is 2.81. The van der Waals surface area contributed by atoms with Crippen LogP contribution in [0.5, 0.6) is 0 Å². The Balaban J connectivity index is 2.01. The number of carbonyl (C=O) groups excluding carboxylic acids is 3. The van der Waals surface area contributed by atoms with Crippen LogP contribution in [-0.4, -0.2) is 35.0 Å². The summed E-state index contributed by atoms with van der Waals surface area (Å²) >= 11 is 0. The van der Waals surface area contributed by atoms with Crippen molar-refractivity contribution < 1.29 is 23.9 Å². The minimum absolute atomic E-state index is 0.0922. The molecule has 0 N–H and O–H groups in total. The maximum Gasteiger partial charge on any atom is 0.417 e. The average molecular weight is 333 g/mol. The van der Waals surface area contributed by atoms with Gasteiger partial charge in [0.2, 0.25) is 5.91 Å². The molecule has 0 aromatic heterocycles. The molecule has 1 fully saturated rings. The van der Waals surface area contributed by atoms with Crippen molar-refractivity contribution in [3.05, 3.63) is 35.9 Å². The first kappa shape index (κ1) is 18.0. The second kappa shape index (κ2) is 6.63. The molecule has 1 aromatic rings. The van der Waals surface area contributed by atoms with Gasteiger partial charge in [-0.1, -0.05) is 30.3 Å². The fraction of sp³-hybridized carbons (Fsp3) is 0.500. The van der Waals surface area contributed by atoms with E-state index in [0.29, 0.717) is 0 Å². The van der Waals surface area contributed by atoms with E-state index in [-0.39, 0.29) is 19.6 Å². The Bertz CT molecular complexity index is 635. The van der Waals surface area contributed by atoms with Gasteiger partial charge in [-0.05, 0) is 39.7 Å². The molecule has 24 heavy (non-hydrogen) atoms. The molecule has 0 aliphatic carbocycles. The zero-order valence-corrected chi connectivity index (χ0v) is 14.5. The van der Waals surface area contributed by atoms with Crippen LogP contribution >= 0.6 is 0 Å². The van der Waals surface area contributed by atoms with Gasteiger partial charge in [-0.25, -0.2) is 9.69 Å². The van der Waals surface area contributed by atoms with E-state index >= 15 is 0 Å². The van der Waals surface area contributed by atoms with Crippen molar-refractivity contribution >= 4 is 18.0 Å². The molecule has 1 aromatic carbocycles. The predicted molar refractivity (Wildman–Crippen MR) is 86.9 cm³/mol. The van der Waals surface area contributed by atoms with Gasteiger partial charge in [0.05, 0.1) is 0 Å². The smallest absolute Gasteiger partial charge is 0.417 e. The molecule has 2 rings (SSSR count). The number of nitrogens with zero attached hydrogens (tertiary/aromatic N) is 1. The van der Waals surface area contributed by atoms with E-state index in [1.165, 1.54) is 6.92 Å². The molecule has 130 valence electrons. The molecule has 1 saturated heterocycles. The van der Waals surface area contributed by atoms with Crippen LogP contribution in [0.2, 0.25) is 0 Å². The van der Waals surface area contributed by atoms with Crippen LogP contribution in [0.15, 0.2) is 30.3 Å². The van der Waals surface area contributed by atoms with Gasteiger partial charge in [0.15, 0.2) is 0 Å². The predicted octanol–water partition coefficient (Wildman–Crippen LogP) is 2.90. The van der Waals surface area contributed by atoms with Crippen LogP contribution in [-0.2, 0) is 25.7 Å². The van der Waals surface area contributed by atoms with Crippen molar-refractivity contribution in [2.75, 3.05) is 6.54 Å². The maximum atomic E-state index is 12.5. The highest BCUT2D eigenvalue weighted by molar-refractivity contribution is 6.08. The van der Waals surface area contributed by atoms with Crippen LogP contribution in [0.3, 0.4) is 0 Å². The molecule has 1 unspecified atom stereocenters. The van der Waals surface area contributed by atoms with E-state index in [0.717, 1.165) is 10.5 Å². The molecule has 6 heteroatoms. The fourth-order valence-electron chi connectivity index (χ4n) is 2.40. The van der Waals surface area contributed by atoms with Gasteiger partial charge in [0, 0.05) is 6.54 Å². The summed E-state index contributed by atoms with van der Waals surface area (Å²) in [5.74, 6) is -1.20. The molecule has 6 nitrogen and oxygen atoms in total. The second-order valence-corrected chi connectivity index (χ2v) is 7.08. The number of amides is 2. The number of ether oxygens (including phenoxy) is 2. The van der Waals surface area contributed by atoms with Crippen molar-refractivity contribution in [1.29, 1.82) is 0 Å². The first-order chi connectivity index (χ1) is 11.1. The van der Waals surface area contributed by atoms with Crippen molar-refractivity contribution in [2.45, 2.75) is 46.3 Å². The first-order valence-corrected chi connectivity index (χ1v) is 7.89. The number of hydrogen-bond donors (Lipinski definition) is 0. The Morgan fingerprint density at radius 3 is 2.42 bits per heavy atom. The third-order valence-electron chi connectivity index (χ3n) is 3.83. The molecule has 0 spiro atoms. The summed E-state index contributed by atoms with van der Waals surface area (Å²) < 4.78 is 10.5. The van der Waals surface area contributed by atoms with Crippen LogP contribution in [0.4, 0.5) is 4.79 Å². The Morgan fingerprint density at radius 1 is 1.21 bits per heavy atom. The fourth-order valence-corrected chi connectivity index (χ4v) is 2.40. The zero-order chi connectivity index (χ0) is 18.0. The third kappa shape index (κ3) is 3.93. The lowest BCUT2D eigenvalue weighted by Gasteiger charge is -2.25. The molecule has 2 amide bonds. The normalized spacial score (nSPS) is 20.8.